The van der Waals surface area contributed by atoms with Gasteiger partial charge in [0.1, 0.15) is 0 Å². The Morgan fingerprint density at radius 3 is 2.94 bits per heavy atom. The van der Waals surface area contributed by atoms with Gasteiger partial charge in [-0.15, -0.1) is 0 Å². The minimum absolute atomic E-state index is 0.179. The van der Waals surface area contributed by atoms with Crippen molar-refractivity contribution in [3.8, 4) is 0 Å². The molecule has 1 aliphatic rings. The number of carbonyl (C=O) groups is 2. The van der Waals surface area contributed by atoms with Crippen LogP contribution in [-0.2, 0) is 4.79 Å². The second-order valence-corrected chi connectivity index (χ2v) is 3.78. The zero-order chi connectivity index (χ0) is 12.7. The molecule has 3 amide bonds. The fourth-order valence-corrected chi connectivity index (χ4v) is 1.82. The number of nitrogens with zero attached hydrogens (tertiary/aromatic N) is 2. The summed E-state index contributed by atoms with van der Waals surface area (Å²) >= 11 is 0. The first-order chi connectivity index (χ1) is 8.65. The molecule has 0 unspecified atom stereocenters. The maximum absolute atomic E-state index is 11.7. The van der Waals surface area contributed by atoms with Gasteiger partial charge in [0, 0.05) is 19.2 Å². The van der Waals surface area contributed by atoms with E-state index in [1.807, 2.05) is 0 Å². The van der Waals surface area contributed by atoms with Gasteiger partial charge in [0.25, 0.3) is 0 Å². The fraction of sp³-hybridized carbons (Fsp3) is 0.200. The van der Waals surface area contributed by atoms with Gasteiger partial charge in [-0.3, -0.25) is 20.0 Å². The number of carbonyl (C=O) groups excluding carboxylic acids is 2. The predicted octanol–water partition coefficient (Wildman–Crippen LogP) is -0.0376. The van der Waals surface area contributed by atoms with E-state index in [9.17, 15) is 14.4 Å². The molecule has 0 aliphatic carbocycles. The summed E-state index contributed by atoms with van der Waals surface area (Å²) in [6.07, 6.45) is 1.63. The number of urea groups is 1. The number of nitrogens with one attached hydrogen (secondary N) is 2. The van der Waals surface area contributed by atoms with Crippen molar-refractivity contribution in [2.45, 2.75) is 6.42 Å². The maximum Gasteiger partial charge on any atom is 0.417 e. The minimum Gasteiger partial charge on any atom is -0.404 e. The molecule has 0 aromatic carbocycles. The average Bonchev–Trinajstić information content (AvgIpc) is 2.69. The lowest BCUT2D eigenvalue weighted by atomic mass is 10.3. The summed E-state index contributed by atoms with van der Waals surface area (Å²) in [4.78, 5) is 41.6. The van der Waals surface area contributed by atoms with E-state index in [2.05, 4.69) is 15.3 Å². The SMILES string of the molecule is O=C1CCN(c2nccc3[nH]c(=O)oc23)C(=O)N1. The number of anilines is 1. The number of rotatable bonds is 1. The molecule has 0 atom stereocenters. The second kappa shape index (κ2) is 3.69. The zero-order valence-electron chi connectivity index (χ0n) is 9.10. The summed E-state index contributed by atoms with van der Waals surface area (Å²) in [6, 6.07) is 0.992. The molecule has 3 rings (SSSR count). The topological polar surface area (TPSA) is 108 Å². The Morgan fingerprint density at radius 2 is 2.17 bits per heavy atom. The van der Waals surface area contributed by atoms with Crippen molar-refractivity contribution in [2.75, 3.05) is 11.4 Å². The van der Waals surface area contributed by atoms with E-state index >= 15 is 0 Å². The number of imide groups is 1. The van der Waals surface area contributed by atoms with E-state index in [-0.39, 0.29) is 30.3 Å². The summed E-state index contributed by atoms with van der Waals surface area (Å²) in [6.45, 7) is 0.200. The molecule has 92 valence electrons. The van der Waals surface area contributed by atoms with Crippen molar-refractivity contribution in [1.29, 1.82) is 0 Å². The second-order valence-electron chi connectivity index (χ2n) is 3.78. The van der Waals surface area contributed by atoms with E-state index in [0.29, 0.717) is 5.52 Å². The number of hydrogen-bond donors (Lipinski definition) is 2. The summed E-state index contributed by atoms with van der Waals surface area (Å²) in [5.41, 5.74) is 0.654. The van der Waals surface area contributed by atoms with Crippen LogP contribution in [0.2, 0.25) is 0 Å². The summed E-state index contributed by atoms with van der Waals surface area (Å²) in [7, 11) is 0. The molecule has 0 radical (unpaired) electrons. The standard InChI is InChI=1S/C10H8N4O4/c15-6-2-4-14(9(16)13-6)8-7-5(1-3-11-8)12-10(17)18-7/h1,3H,2,4H2,(H,12,17)(H,13,15,16). The summed E-state index contributed by atoms with van der Waals surface area (Å²) in [5.74, 6) is -0.734. The number of aromatic nitrogens is 2. The van der Waals surface area contributed by atoms with Crippen LogP contribution in [0.4, 0.5) is 10.6 Å². The summed E-state index contributed by atoms with van der Waals surface area (Å²) in [5, 5.41) is 2.18. The highest BCUT2D eigenvalue weighted by Crippen LogP contribution is 2.23. The molecule has 0 spiro atoms. The van der Waals surface area contributed by atoms with Crippen LogP contribution in [0.1, 0.15) is 6.42 Å². The lowest BCUT2D eigenvalue weighted by Crippen LogP contribution is -2.49. The first kappa shape index (κ1) is 10.5. The van der Waals surface area contributed by atoms with Crippen LogP contribution in [0, 0.1) is 0 Å². The molecular weight excluding hydrogens is 240 g/mol. The van der Waals surface area contributed by atoms with E-state index < -0.39 is 11.8 Å². The molecule has 18 heavy (non-hydrogen) atoms. The third-order valence-electron chi connectivity index (χ3n) is 2.63. The quantitative estimate of drug-likeness (QED) is 0.736. The third kappa shape index (κ3) is 1.54. The van der Waals surface area contributed by atoms with Gasteiger partial charge in [-0.2, -0.15) is 0 Å². The Hall–Kier alpha value is -2.64. The van der Waals surface area contributed by atoms with Crippen molar-refractivity contribution < 1.29 is 14.0 Å². The van der Waals surface area contributed by atoms with Crippen LogP contribution in [0.15, 0.2) is 21.5 Å². The van der Waals surface area contributed by atoms with Crippen LogP contribution in [0.3, 0.4) is 0 Å². The Balaban J connectivity index is 2.11. The molecule has 8 heteroatoms. The van der Waals surface area contributed by atoms with Crippen molar-refractivity contribution in [2.24, 2.45) is 0 Å². The van der Waals surface area contributed by atoms with Crippen molar-refractivity contribution in [3.63, 3.8) is 0 Å². The molecule has 2 aromatic heterocycles. The van der Waals surface area contributed by atoms with Gasteiger partial charge in [-0.05, 0) is 6.07 Å². The van der Waals surface area contributed by atoms with Crippen molar-refractivity contribution in [3.05, 3.63) is 22.8 Å². The lowest BCUT2D eigenvalue weighted by molar-refractivity contribution is -0.120. The highest BCUT2D eigenvalue weighted by atomic mass is 16.4. The molecular formula is C10H8N4O4. The van der Waals surface area contributed by atoms with E-state index in [4.69, 9.17) is 4.42 Å². The Bertz CT molecular complexity index is 701. The fourth-order valence-electron chi connectivity index (χ4n) is 1.82. The number of H-pyrrole nitrogens is 1. The van der Waals surface area contributed by atoms with Crippen molar-refractivity contribution >= 4 is 28.9 Å². The van der Waals surface area contributed by atoms with Gasteiger partial charge in [0.2, 0.25) is 5.91 Å². The first-order valence-electron chi connectivity index (χ1n) is 5.24. The molecule has 1 saturated heterocycles. The summed E-state index contributed by atoms with van der Waals surface area (Å²) < 4.78 is 4.95. The molecule has 3 heterocycles. The van der Waals surface area contributed by atoms with Crippen molar-refractivity contribution in [1.82, 2.24) is 15.3 Å². The monoisotopic (exact) mass is 248 g/mol. The van der Waals surface area contributed by atoms with Crippen LogP contribution >= 0.6 is 0 Å². The maximum atomic E-state index is 11.7. The molecule has 1 fully saturated rings. The van der Waals surface area contributed by atoms with Crippen LogP contribution in [-0.4, -0.2) is 28.5 Å². The average molecular weight is 248 g/mol. The number of amides is 3. The highest BCUT2D eigenvalue weighted by molar-refractivity contribution is 6.07. The van der Waals surface area contributed by atoms with E-state index in [0.717, 1.165) is 0 Å². The highest BCUT2D eigenvalue weighted by Gasteiger charge is 2.27. The number of pyridine rings is 1. The van der Waals surface area contributed by atoms with E-state index in [1.54, 1.807) is 6.07 Å². The van der Waals surface area contributed by atoms with Crippen LogP contribution in [0.5, 0.6) is 0 Å². The largest absolute Gasteiger partial charge is 0.417 e. The van der Waals surface area contributed by atoms with Gasteiger partial charge in [-0.25, -0.2) is 14.6 Å². The molecule has 1 aliphatic heterocycles. The molecule has 0 saturated carbocycles. The Kier molecular flexibility index (Phi) is 2.15. The lowest BCUT2D eigenvalue weighted by Gasteiger charge is -2.25. The third-order valence-corrected chi connectivity index (χ3v) is 2.63. The number of hydrogen-bond acceptors (Lipinski definition) is 5. The van der Waals surface area contributed by atoms with Crippen LogP contribution in [0.25, 0.3) is 11.1 Å². The van der Waals surface area contributed by atoms with Gasteiger partial charge >= 0.3 is 11.8 Å². The number of aromatic amines is 1. The Labute approximate surface area is 99.6 Å². The number of oxazole rings is 1. The minimum atomic E-state index is -0.618. The van der Waals surface area contributed by atoms with E-state index in [1.165, 1.54) is 11.1 Å². The van der Waals surface area contributed by atoms with Gasteiger partial charge in [0.15, 0.2) is 11.4 Å². The molecule has 2 N–H and O–H groups in total. The van der Waals surface area contributed by atoms with Gasteiger partial charge < -0.3 is 4.42 Å². The predicted molar refractivity (Wildman–Crippen MR) is 60.1 cm³/mol. The first-order valence-corrected chi connectivity index (χ1v) is 5.24. The van der Waals surface area contributed by atoms with Crippen LogP contribution < -0.4 is 16.0 Å². The number of fused-ring (bicyclic) bond motifs is 1. The molecule has 0 bridgehead atoms. The molecule has 8 nitrogen and oxygen atoms in total. The molecule has 2 aromatic rings. The normalized spacial score (nSPS) is 16.1. The zero-order valence-corrected chi connectivity index (χ0v) is 9.10. The van der Waals surface area contributed by atoms with Gasteiger partial charge in [-0.1, -0.05) is 0 Å². The van der Waals surface area contributed by atoms with Gasteiger partial charge in [0.05, 0.1) is 5.52 Å². The Morgan fingerprint density at radius 1 is 1.33 bits per heavy atom. The smallest absolute Gasteiger partial charge is 0.404 e.